The van der Waals surface area contributed by atoms with Gasteiger partial charge in [0.15, 0.2) is 0 Å². The minimum Gasteiger partial charge on any atom is -0.373 e. The molecule has 0 aliphatic carbocycles. The van der Waals surface area contributed by atoms with Crippen LogP contribution in [0.15, 0.2) is 0 Å². The molecule has 0 saturated carbocycles. The second-order valence-corrected chi connectivity index (χ2v) is 7.44. The van der Waals surface area contributed by atoms with Gasteiger partial charge in [0.05, 0.1) is 4.87 Å². The van der Waals surface area contributed by atoms with Crippen molar-refractivity contribution >= 4 is 21.4 Å². The molecule has 0 aliphatic rings. The second kappa shape index (κ2) is 9.47. The molecule has 1 unspecified atom stereocenters. The van der Waals surface area contributed by atoms with Crippen LogP contribution in [0.3, 0.4) is 0 Å². The second-order valence-electron chi connectivity index (χ2n) is 3.56. The molecule has 0 fully saturated rings. The molecule has 0 bridgehead atoms. The molecule has 5 heteroatoms. The predicted molar refractivity (Wildman–Crippen MR) is 72.9 cm³/mol. The maximum Gasteiger partial charge on any atom is 0.514 e. The van der Waals surface area contributed by atoms with Crippen molar-refractivity contribution in [3.63, 3.8) is 0 Å². The van der Waals surface area contributed by atoms with E-state index in [2.05, 4.69) is 19.6 Å². The monoisotopic (exact) mass is 266 g/mol. The third-order valence-electron chi connectivity index (χ3n) is 2.28. The lowest BCUT2D eigenvalue weighted by Crippen LogP contribution is -2.54. The molecule has 0 radical (unpaired) electrons. The van der Waals surface area contributed by atoms with Crippen molar-refractivity contribution in [2.24, 2.45) is 0 Å². The molecular formula is C11H26O3SSi. The number of hydrogen-bond donors (Lipinski definition) is 1. The van der Waals surface area contributed by atoms with E-state index in [0.717, 1.165) is 19.3 Å². The Morgan fingerprint density at radius 3 is 1.69 bits per heavy atom. The van der Waals surface area contributed by atoms with Crippen molar-refractivity contribution < 1.29 is 13.3 Å². The summed E-state index contributed by atoms with van der Waals surface area (Å²) in [6, 6.07) is 0. The van der Waals surface area contributed by atoms with Gasteiger partial charge in [0.2, 0.25) is 0 Å². The van der Waals surface area contributed by atoms with Gasteiger partial charge in [-0.1, -0.05) is 19.8 Å². The van der Waals surface area contributed by atoms with Gasteiger partial charge in [0.25, 0.3) is 0 Å². The molecule has 0 amide bonds. The summed E-state index contributed by atoms with van der Waals surface area (Å²) in [4.78, 5) is 0.0901. The molecule has 0 heterocycles. The highest BCUT2D eigenvalue weighted by atomic mass is 32.1. The molecule has 0 aromatic rings. The van der Waals surface area contributed by atoms with Crippen LogP contribution in [0, 0.1) is 0 Å². The van der Waals surface area contributed by atoms with Crippen LogP contribution in [0.4, 0.5) is 0 Å². The number of unbranched alkanes of at least 4 members (excludes halogenated alkanes) is 1. The van der Waals surface area contributed by atoms with Crippen molar-refractivity contribution in [1.82, 2.24) is 0 Å². The normalized spacial score (nSPS) is 14.1. The van der Waals surface area contributed by atoms with E-state index in [1.807, 2.05) is 20.8 Å². The summed E-state index contributed by atoms with van der Waals surface area (Å²) in [5.74, 6) is 0. The molecule has 0 N–H and O–H groups in total. The first-order valence-corrected chi connectivity index (χ1v) is 8.58. The van der Waals surface area contributed by atoms with Gasteiger partial charge in [0, 0.05) is 19.8 Å². The van der Waals surface area contributed by atoms with Gasteiger partial charge in [-0.05, 0) is 27.2 Å². The molecule has 0 rings (SSSR count). The first-order valence-electron chi connectivity index (χ1n) is 6.26. The van der Waals surface area contributed by atoms with Gasteiger partial charge in [-0.25, -0.2) is 0 Å². The van der Waals surface area contributed by atoms with Crippen LogP contribution in [-0.2, 0) is 13.3 Å². The number of thiol groups is 1. The summed E-state index contributed by atoms with van der Waals surface area (Å²) in [5, 5.41) is 0. The van der Waals surface area contributed by atoms with E-state index in [4.69, 9.17) is 13.3 Å². The van der Waals surface area contributed by atoms with Crippen molar-refractivity contribution in [2.45, 2.75) is 51.8 Å². The molecule has 3 nitrogen and oxygen atoms in total. The highest BCUT2D eigenvalue weighted by Crippen LogP contribution is 2.24. The first kappa shape index (κ1) is 16.4. The summed E-state index contributed by atoms with van der Waals surface area (Å²) < 4.78 is 17.4. The number of hydrogen-bond acceptors (Lipinski definition) is 4. The maximum absolute atomic E-state index is 5.79. The topological polar surface area (TPSA) is 27.7 Å². The summed E-state index contributed by atoms with van der Waals surface area (Å²) in [5.41, 5.74) is 0. The molecule has 16 heavy (non-hydrogen) atoms. The van der Waals surface area contributed by atoms with Gasteiger partial charge in [-0.3, -0.25) is 0 Å². The van der Waals surface area contributed by atoms with E-state index >= 15 is 0 Å². The van der Waals surface area contributed by atoms with Crippen LogP contribution in [0.2, 0.25) is 0 Å². The summed E-state index contributed by atoms with van der Waals surface area (Å²) >= 11 is 4.63. The van der Waals surface area contributed by atoms with Crippen molar-refractivity contribution in [3.05, 3.63) is 0 Å². The Kier molecular flexibility index (Phi) is 9.74. The van der Waals surface area contributed by atoms with Crippen LogP contribution < -0.4 is 0 Å². The van der Waals surface area contributed by atoms with E-state index in [0.29, 0.717) is 19.8 Å². The largest absolute Gasteiger partial charge is 0.514 e. The Morgan fingerprint density at radius 2 is 1.38 bits per heavy atom. The third kappa shape index (κ3) is 5.18. The van der Waals surface area contributed by atoms with E-state index in [-0.39, 0.29) is 4.87 Å². The lowest BCUT2D eigenvalue weighted by atomic mass is 10.3. The minimum atomic E-state index is -2.57. The highest BCUT2D eigenvalue weighted by molar-refractivity contribution is 7.83. The van der Waals surface area contributed by atoms with Gasteiger partial charge in [-0.15, -0.1) is 0 Å². The Hall–Kier alpha value is 0.447. The fourth-order valence-electron chi connectivity index (χ4n) is 1.59. The lowest BCUT2D eigenvalue weighted by molar-refractivity contribution is 0.0688. The minimum absolute atomic E-state index is 0.0901. The zero-order chi connectivity index (χ0) is 12.4. The Labute approximate surface area is 107 Å². The molecule has 0 aliphatic heterocycles. The maximum atomic E-state index is 5.79. The lowest BCUT2D eigenvalue weighted by Gasteiger charge is -2.32. The van der Waals surface area contributed by atoms with E-state index < -0.39 is 8.80 Å². The summed E-state index contributed by atoms with van der Waals surface area (Å²) in [6.45, 7) is 9.95. The van der Waals surface area contributed by atoms with Gasteiger partial charge < -0.3 is 13.3 Å². The predicted octanol–water partition coefficient (Wildman–Crippen LogP) is 3.06. The SMILES string of the molecule is CCCCC(S)[Si](OCC)(OCC)OCC. The fourth-order valence-corrected chi connectivity index (χ4v) is 5.04. The Balaban J connectivity index is 4.54. The Bertz CT molecular complexity index is 152. The Morgan fingerprint density at radius 1 is 0.938 bits per heavy atom. The van der Waals surface area contributed by atoms with Gasteiger partial charge in [-0.2, -0.15) is 12.6 Å². The zero-order valence-electron chi connectivity index (χ0n) is 11.0. The molecule has 0 aromatic heterocycles. The molecule has 0 aromatic carbocycles. The van der Waals surface area contributed by atoms with Crippen molar-refractivity contribution in [3.8, 4) is 0 Å². The average molecular weight is 266 g/mol. The van der Waals surface area contributed by atoms with Gasteiger partial charge >= 0.3 is 8.80 Å². The van der Waals surface area contributed by atoms with Crippen molar-refractivity contribution in [1.29, 1.82) is 0 Å². The van der Waals surface area contributed by atoms with Crippen LogP contribution >= 0.6 is 12.6 Å². The van der Waals surface area contributed by atoms with E-state index in [9.17, 15) is 0 Å². The fraction of sp³-hybridized carbons (Fsp3) is 1.00. The smallest absolute Gasteiger partial charge is 0.373 e. The van der Waals surface area contributed by atoms with Gasteiger partial charge in [0.1, 0.15) is 0 Å². The first-order chi connectivity index (χ1) is 7.66. The average Bonchev–Trinajstić information content (AvgIpc) is 2.26. The van der Waals surface area contributed by atoms with Crippen LogP contribution in [0.25, 0.3) is 0 Å². The standard InChI is InChI=1S/C11H26O3SSi/c1-5-9-10-11(15)16(12-6-2,13-7-3)14-8-4/h11,15H,5-10H2,1-4H3. The quantitative estimate of drug-likeness (QED) is 0.486. The molecule has 1 atom stereocenters. The van der Waals surface area contributed by atoms with Crippen LogP contribution in [0.5, 0.6) is 0 Å². The van der Waals surface area contributed by atoms with E-state index in [1.54, 1.807) is 0 Å². The highest BCUT2D eigenvalue weighted by Gasteiger charge is 2.47. The number of rotatable bonds is 10. The zero-order valence-corrected chi connectivity index (χ0v) is 12.9. The summed E-state index contributed by atoms with van der Waals surface area (Å²) in [6.07, 6.45) is 3.29. The van der Waals surface area contributed by atoms with Crippen molar-refractivity contribution in [2.75, 3.05) is 19.8 Å². The molecular weight excluding hydrogens is 240 g/mol. The molecule has 0 spiro atoms. The molecule has 0 saturated heterocycles. The van der Waals surface area contributed by atoms with Crippen LogP contribution in [0.1, 0.15) is 47.0 Å². The molecule has 98 valence electrons. The van der Waals surface area contributed by atoms with Crippen LogP contribution in [-0.4, -0.2) is 33.5 Å². The van der Waals surface area contributed by atoms with E-state index in [1.165, 1.54) is 0 Å². The third-order valence-corrected chi connectivity index (χ3v) is 6.66. The summed E-state index contributed by atoms with van der Waals surface area (Å²) in [7, 11) is -2.57.